The Morgan fingerprint density at radius 1 is 1.42 bits per heavy atom. The molecule has 1 aliphatic carbocycles. The Morgan fingerprint density at radius 3 is 3.00 bits per heavy atom. The van der Waals surface area contributed by atoms with Crippen LogP contribution in [0.1, 0.15) is 22.6 Å². The van der Waals surface area contributed by atoms with E-state index in [0.29, 0.717) is 18.5 Å². The zero-order valence-electron chi connectivity index (χ0n) is 6.02. The molecule has 1 aromatic rings. The molecule has 0 amide bonds. The van der Waals surface area contributed by atoms with E-state index in [1.165, 1.54) is 0 Å². The fourth-order valence-corrected chi connectivity index (χ4v) is 1.13. The van der Waals surface area contributed by atoms with Gasteiger partial charge in [0, 0.05) is 12.8 Å². The van der Waals surface area contributed by atoms with Gasteiger partial charge in [0.2, 0.25) is 5.78 Å². The lowest BCUT2D eigenvalue weighted by molar-refractivity contribution is 0.104. The molecule has 0 fully saturated rings. The number of carbonyl (C=O) groups excluding carboxylic acids is 1. The molecule has 0 saturated heterocycles. The number of hydrogen-bond donors (Lipinski definition) is 1. The lowest BCUT2D eigenvalue weighted by Crippen LogP contribution is -2.22. The molecular weight excluding hydrogens is 162 g/mol. The first-order valence-corrected chi connectivity index (χ1v) is 3.40. The van der Waals surface area contributed by atoms with Gasteiger partial charge in [-0.2, -0.15) is 0 Å². The molecule has 1 aromatic heterocycles. The van der Waals surface area contributed by atoms with E-state index >= 15 is 0 Å². The summed E-state index contributed by atoms with van der Waals surface area (Å²) in [5.41, 5.74) is 0.805. The third kappa shape index (κ3) is 0.810. The van der Waals surface area contributed by atoms with Crippen LogP contribution in [-0.4, -0.2) is 27.0 Å². The lowest BCUT2D eigenvalue weighted by atomic mass is 9.98. The fraction of sp³-hybridized carbons (Fsp3) is 0.333. The van der Waals surface area contributed by atoms with Crippen LogP contribution in [0, 0.1) is 0 Å². The van der Waals surface area contributed by atoms with Crippen molar-refractivity contribution in [2.24, 2.45) is 5.16 Å². The van der Waals surface area contributed by atoms with E-state index in [0.717, 1.165) is 0 Å². The van der Waals surface area contributed by atoms with Crippen molar-refractivity contribution < 1.29 is 14.6 Å². The molecule has 0 saturated carbocycles. The monoisotopic (exact) mass is 167 g/mol. The van der Waals surface area contributed by atoms with Crippen molar-refractivity contribution in [2.45, 2.75) is 12.8 Å². The van der Waals surface area contributed by atoms with Crippen molar-refractivity contribution in [1.29, 1.82) is 0 Å². The van der Waals surface area contributed by atoms with Crippen molar-refractivity contribution in [3.8, 4) is 0 Å². The van der Waals surface area contributed by atoms with Crippen LogP contribution in [-0.2, 0) is 6.42 Å². The average Bonchev–Trinajstić information content (AvgIpc) is 2.53. The maximum Gasteiger partial charge on any atom is 0.234 e. The predicted octanol–water partition coefficient (Wildman–Crippen LogP) is 0.0287. The van der Waals surface area contributed by atoms with E-state index in [1.807, 2.05) is 0 Å². The van der Waals surface area contributed by atoms with Crippen LogP contribution < -0.4 is 0 Å². The topological polar surface area (TPSA) is 88.6 Å². The smallest absolute Gasteiger partial charge is 0.234 e. The standard InChI is InChI=1S/C6H5N3O3/c10-6-4(7-11)2-1-3-5(6)9-12-8-3/h11H,1-2H2. The molecule has 12 heavy (non-hydrogen) atoms. The van der Waals surface area contributed by atoms with Crippen LogP contribution in [0.25, 0.3) is 0 Å². The SMILES string of the molecule is O=C1C(=NO)CCc2nonc21. The predicted molar refractivity (Wildman–Crippen MR) is 36.2 cm³/mol. The summed E-state index contributed by atoms with van der Waals surface area (Å²) < 4.78 is 4.37. The van der Waals surface area contributed by atoms with Crippen LogP contribution in [0.4, 0.5) is 0 Å². The summed E-state index contributed by atoms with van der Waals surface area (Å²) in [5.74, 6) is -0.403. The van der Waals surface area contributed by atoms with Gasteiger partial charge in [0.1, 0.15) is 11.4 Å². The third-order valence-corrected chi connectivity index (χ3v) is 1.75. The minimum Gasteiger partial charge on any atom is -0.411 e. The summed E-state index contributed by atoms with van der Waals surface area (Å²) in [4.78, 5) is 11.3. The van der Waals surface area contributed by atoms with Gasteiger partial charge in [-0.1, -0.05) is 10.3 Å². The lowest BCUT2D eigenvalue weighted by Gasteiger charge is -2.05. The van der Waals surface area contributed by atoms with Gasteiger partial charge in [-0.05, 0) is 5.16 Å². The number of aromatic nitrogens is 2. The Balaban J connectivity index is 2.49. The molecule has 6 heteroatoms. The molecule has 0 unspecified atom stereocenters. The number of aryl methyl sites for hydroxylation is 1. The van der Waals surface area contributed by atoms with Crippen molar-refractivity contribution in [1.82, 2.24) is 10.3 Å². The van der Waals surface area contributed by atoms with E-state index in [1.54, 1.807) is 0 Å². The molecule has 1 aliphatic rings. The van der Waals surface area contributed by atoms with Crippen LogP contribution in [0.15, 0.2) is 9.78 Å². The number of Topliss-reactive ketones (excluding diaryl/α,β-unsaturated/α-hetero) is 1. The molecule has 0 radical (unpaired) electrons. The van der Waals surface area contributed by atoms with Gasteiger partial charge in [0.25, 0.3) is 0 Å². The number of hydrogen-bond acceptors (Lipinski definition) is 6. The summed E-state index contributed by atoms with van der Waals surface area (Å²) >= 11 is 0. The molecule has 0 bridgehead atoms. The molecule has 1 heterocycles. The zero-order valence-corrected chi connectivity index (χ0v) is 6.02. The van der Waals surface area contributed by atoms with Crippen LogP contribution in [0.2, 0.25) is 0 Å². The minimum atomic E-state index is -0.403. The minimum absolute atomic E-state index is 0.109. The van der Waals surface area contributed by atoms with Crippen molar-refractivity contribution in [2.75, 3.05) is 0 Å². The zero-order chi connectivity index (χ0) is 8.55. The number of ketones is 1. The summed E-state index contributed by atoms with van der Waals surface area (Å²) in [7, 11) is 0. The molecular formula is C6H5N3O3. The van der Waals surface area contributed by atoms with Gasteiger partial charge in [0.15, 0.2) is 5.69 Å². The quantitative estimate of drug-likeness (QED) is 0.435. The van der Waals surface area contributed by atoms with Gasteiger partial charge in [0.05, 0.1) is 0 Å². The molecule has 6 nitrogen and oxygen atoms in total. The molecule has 1 N–H and O–H groups in total. The van der Waals surface area contributed by atoms with Crippen LogP contribution >= 0.6 is 0 Å². The molecule has 62 valence electrons. The highest BCUT2D eigenvalue weighted by Crippen LogP contribution is 2.15. The first kappa shape index (κ1) is 6.96. The number of carbonyl (C=O) groups is 1. The molecule has 0 aliphatic heterocycles. The Bertz CT molecular complexity index is 355. The first-order chi connectivity index (χ1) is 5.83. The Morgan fingerprint density at radius 2 is 2.25 bits per heavy atom. The normalized spacial score (nSPS) is 19.7. The highest BCUT2D eigenvalue weighted by molar-refractivity contribution is 6.46. The summed E-state index contributed by atoms with van der Waals surface area (Å²) in [6.45, 7) is 0. The third-order valence-electron chi connectivity index (χ3n) is 1.75. The second kappa shape index (κ2) is 2.40. The number of fused-ring (bicyclic) bond motifs is 1. The fourth-order valence-electron chi connectivity index (χ4n) is 1.13. The van der Waals surface area contributed by atoms with Gasteiger partial charge in [-0.3, -0.25) is 4.79 Å². The van der Waals surface area contributed by atoms with Gasteiger partial charge < -0.3 is 5.21 Å². The maximum atomic E-state index is 11.3. The largest absolute Gasteiger partial charge is 0.411 e. The second-order valence-electron chi connectivity index (χ2n) is 2.44. The Labute approximate surface area is 66.8 Å². The van der Waals surface area contributed by atoms with E-state index in [-0.39, 0.29) is 11.4 Å². The maximum absolute atomic E-state index is 11.3. The summed E-state index contributed by atoms with van der Waals surface area (Å²) in [6.07, 6.45) is 0.917. The van der Waals surface area contributed by atoms with E-state index in [4.69, 9.17) is 5.21 Å². The van der Waals surface area contributed by atoms with Crippen molar-refractivity contribution in [3.63, 3.8) is 0 Å². The van der Waals surface area contributed by atoms with E-state index in [9.17, 15) is 4.79 Å². The number of nitrogens with zero attached hydrogens (tertiary/aromatic N) is 3. The van der Waals surface area contributed by atoms with Gasteiger partial charge in [-0.15, -0.1) is 0 Å². The Kier molecular flexibility index (Phi) is 1.39. The van der Waals surface area contributed by atoms with E-state index < -0.39 is 5.78 Å². The molecule has 0 spiro atoms. The molecule has 0 aromatic carbocycles. The van der Waals surface area contributed by atoms with Crippen LogP contribution in [0.5, 0.6) is 0 Å². The van der Waals surface area contributed by atoms with Crippen molar-refractivity contribution >= 4 is 11.5 Å². The van der Waals surface area contributed by atoms with Crippen molar-refractivity contribution in [3.05, 3.63) is 11.4 Å². The summed E-state index contributed by atoms with van der Waals surface area (Å²) in [6, 6.07) is 0. The first-order valence-electron chi connectivity index (χ1n) is 3.40. The van der Waals surface area contributed by atoms with Gasteiger partial charge in [-0.25, -0.2) is 4.63 Å². The van der Waals surface area contributed by atoms with Gasteiger partial charge >= 0.3 is 0 Å². The highest BCUT2D eigenvalue weighted by Gasteiger charge is 2.28. The number of rotatable bonds is 0. The Hall–Kier alpha value is -1.72. The van der Waals surface area contributed by atoms with E-state index in [2.05, 4.69) is 20.1 Å². The second-order valence-corrected chi connectivity index (χ2v) is 2.44. The summed E-state index contributed by atoms with van der Waals surface area (Å²) in [5, 5.41) is 18.2. The highest BCUT2D eigenvalue weighted by atomic mass is 16.6. The molecule has 0 atom stereocenters. The number of oxime groups is 1. The molecule has 2 rings (SSSR count). The average molecular weight is 167 g/mol. The van der Waals surface area contributed by atoms with Crippen LogP contribution in [0.3, 0.4) is 0 Å².